The highest BCUT2D eigenvalue weighted by molar-refractivity contribution is 5.84. The number of hydrogen-bond acceptors (Lipinski definition) is 3. The van der Waals surface area contributed by atoms with Gasteiger partial charge < -0.3 is 14.5 Å². The van der Waals surface area contributed by atoms with Gasteiger partial charge in [0.25, 0.3) is 0 Å². The summed E-state index contributed by atoms with van der Waals surface area (Å²) < 4.78 is 5.31. The number of benzene rings is 1. The van der Waals surface area contributed by atoms with Crippen molar-refractivity contribution >= 4 is 17.6 Å². The monoisotopic (exact) mass is 452 g/mol. The molecule has 5 heteroatoms. The van der Waals surface area contributed by atoms with Crippen LogP contribution in [-0.4, -0.2) is 54.1 Å². The number of amides is 2. The van der Waals surface area contributed by atoms with E-state index in [0.29, 0.717) is 24.3 Å². The number of fused-ring (bicyclic) bond motifs is 2. The summed E-state index contributed by atoms with van der Waals surface area (Å²) in [5, 5.41) is 0. The summed E-state index contributed by atoms with van der Waals surface area (Å²) in [6, 6.07) is 8.97. The van der Waals surface area contributed by atoms with Gasteiger partial charge >= 0.3 is 6.09 Å². The summed E-state index contributed by atoms with van der Waals surface area (Å²) in [6.45, 7) is 9.80. The highest BCUT2D eigenvalue weighted by Crippen LogP contribution is 2.43. The van der Waals surface area contributed by atoms with Crippen LogP contribution in [0, 0.1) is 17.8 Å². The Kier molecular flexibility index (Phi) is 7.16. The van der Waals surface area contributed by atoms with Crippen molar-refractivity contribution in [1.82, 2.24) is 9.80 Å². The van der Waals surface area contributed by atoms with Gasteiger partial charge in [0.15, 0.2) is 0 Å². The molecule has 3 aliphatic rings. The Labute approximate surface area is 199 Å². The van der Waals surface area contributed by atoms with Crippen LogP contribution in [0.5, 0.6) is 0 Å². The maximum Gasteiger partial charge on any atom is 0.409 e. The number of carbonyl (C=O) groups is 2. The van der Waals surface area contributed by atoms with Crippen LogP contribution in [0.2, 0.25) is 0 Å². The lowest BCUT2D eigenvalue weighted by Crippen LogP contribution is -2.50. The molecule has 180 valence electrons. The molecule has 1 saturated carbocycles. The molecule has 33 heavy (non-hydrogen) atoms. The Hall–Kier alpha value is -2.30. The Morgan fingerprint density at radius 2 is 1.79 bits per heavy atom. The second-order valence-corrected chi connectivity index (χ2v) is 10.8. The maximum absolute atomic E-state index is 13.7. The smallest absolute Gasteiger partial charge is 0.409 e. The van der Waals surface area contributed by atoms with Crippen LogP contribution in [0.1, 0.15) is 70.9 Å². The molecule has 0 radical (unpaired) electrons. The highest BCUT2D eigenvalue weighted by atomic mass is 16.6. The van der Waals surface area contributed by atoms with Gasteiger partial charge in [0.05, 0.1) is 12.1 Å². The first-order chi connectivity index (χ1) is 15.8. The lowest BCUT2D eigenvalue weighted by molar-refractivity contribution is -0.139. The molecule has 1 aromatic rings. The minimum atomic E-state index is -0.252. The topological polar surface area (TPSA) is 49.9 Å². The largest absolute Gasteiger partial charge is 0.447 e. The summed E-state index contributed by atoms with van der Waals surface area (Å²) in [4.78, 5) is 29.7. The molecule has 2 aliphatic carbocycles. The third kappa shape index (κ3) is 4.97. The van der Waals surface area contributed by atoms with Crippen molar-refractivity contribution in [2.75, 3.05) is 20.1 Å². The van der Waals surface area contributed by atoms with E-state index in [1.807, 2.05) is 20.9 Å². The SMILES string of the molecule is CC(C)OC(=O)N(C)CC1CCC(C(=O)N2CCC3=C(Cc4ccccc43)C2C(C)C)CC1. The van der Waals surface area contributed by atoms with Gasteiger partial charge in [-0.15, -0.1) is 0 Å². The van der Waals surface area contributed by atoms with Crippen molar-refractivity contribution in [2.24, 2.45) is 17.8 Å². The fraction of sp³-hybridized carbons (Fsp3) is 0.643. The zero-order valence-electron chi connectivity index (χ0n) is 21.0. The third-order valence-corrected chi connectivity index (χ3v) is 7.70. The maximum atomic E-state index is 13.7. The first kappa shape index (κ1) is 23.8. The predicted octanol–water partition coefficient (Wildman–Crippen LogP) is 5.54. The van der Waals surface area contributed by atoms with E-state index in [1.165, 1.54) is 22.3 Å². The number of rotatable bonds is 5. The summed E-state index contributed by atoms with van der Waals surface area (Å²) >= 11 is 0. The van der Waals surface area contributed by atoms with Crippen molar-refractivity contribution in [2.45, 2.75) is 78.4 Å². The van der Waals surface area contributed by atoms with Crippen LogP contribution in [0.3, 0.4) is 0 Å². The normalized spacial score (nSPS) is 24.7. The van der Waals surface area contributed by atoms with Gasteiger partial charge in [-0.2, -0.15) is 0 Å². The number of hydrogen-bond donors (Lipinski definition) is 0. The van der Waals surface area contributed by atoms with E-state index < -0.39 is 0 Å². The molecule has 1 heterocycles. The van der Waals surface area contributed by atoms with Gasteiger partial charge in [0.2, 0.25) is 5.91 Å². The van der Waals surface area contributed by atoms with Crippen molar-refractivity contribution in [3.05, 3.63) is 41.0 Å². The van der Waals surface area contributed by atoms with Crippen molar-refractivity contribution in [3.63, 3.8) is 0 Å². The summed E-state index contributed by atoms with van der Waals surface area (Å²) in [6.07, 6.45) is 5.44. The standard InChI is InChI=1S/C28H40N2O3/c1-18(2)26-25-16-22-8-6-7-9-23(22)24(25)14-15-30(26)27(31)21-12-10-20(11-13-21)17-29(5)28(32)33-19(3)4/h6-9,18-21,26H,10-17H2,1-5H3. The average Bonchev–Trinajstić information content (AvgIpc) is 3.16. The van der Waals surface area contributed by atoms with Gasteiger partial charge in [0.1, 0.15) is 0 Å². The zero-order valence-corrected chi connectivity index (χ0v) is 21.0. The van der Waals surface area contributed by atoms with E-state index in [4.69, 9.17) is 4.74 Å². The molecule has 1 unspecified atom stereocenters. The Morgan fingerprint density at radius 1 is 1.09 bits per heavy atom. The fourth-order valence-corrected chi connectivity index (χ4v) is 6.18. The van der Waals surface area contributed by atoms with Gasteiger partial charge in [-0.25, -0.2) is 4.79 Å². The van der Waals surface area contributed by atoms with Crippen LogP contribution in [0.15, 0.2) is 29.8 Å². The van der Waals surface area contributed by atoms with E-state index in [1.54, 1.807) is 4.90 Å². The molecule has 1 atom stereocenters. The van der Waals surface area contributed by atoms with E-state index in [0.717, 1.165) is 45.1 Å². The Balaban J connectivity index is 1.38. The molecule has 1 aliphatic heterocycles. The Bertz CT molecular complexity index is 911. The quantitative estimate of drug-likeness (QED) is 0.590. The molecular weight excluding hydrogens is 412 g/mol. The van der Waals surface area contributed by atoms with Crippen LogP contribution >= 0.6 is 0 Å². The molecule has 4 rings (SSSR count). The lowest BCUT2D eigenvalue weighted by atomic mass is 9.79. The second kappa shape index (κ2) is 9.90. The summed E-state index contributed by atoms with van der Waals surface area (Å²) in [7, 11) is 1.81. The molecule has 0 N–H and O–H groups in total. The lowest BCUT2D eigenvalue weighted by Gasteiger charge is -2.42. The van der Waals surface area contributed by atoms with Crippen LogP contribution in [0.4, 0.5) is 4.79 Å². The van der Waals surface area contributed by atoms with Gasteiger partial charge in [-0.05, 0) is 86.5 Å². The molecular formula is C28H40N2O3. The molecule has 0 saturated heterocycles. The fourth-order valence-electron chi connectivity index (χ4n) is 6.18. The molecule has 2 amide bonds. The number of ether oxygens (including phenoxy) is 1. The van der Waals surface area contributed by atoms with Crippen LogP contribution in [-0.2, 0) is 16.0 Å². The van der Waals surface area contributed by atoms with Crippen molar-refractivity contribution in [3.8, 4) is 0 Å². The molecule has 1 aromatic carbocycles. The molecule has 0 bridgehead atoms. The van der Waals surface area contributed by atoms with Crippen LogP contribution < -0.4 is 0 Å². The average molecular weight is 453 g/mol. The van der Waals surface area contributed by atoms with Gasteiger partial charge in [0, 0.05) is 26.1 Å². The first-order valence-electron chi connectivity index (χ1n) is 12.8. The summed E-state index contributed by atoms with van der Waals surface area (Å²) in [5.41, 5.74) is 5.80. The van der Waals surface area contributed by atoms with Gasteiger partial charge in [-0.3, -0.25) is 4.79 Å². The summed E-state index contributed by atoms with van der Waals surface area (Å²) in [5.74, 6) is 1.31. The third-order valence-electron chi connectivity index (χ3n) is 7.70. The molecule has 0 aromatic heterocycles. The predicted molar refractivity (Wildman–Crippen MR) is 132 cm³/mol. The van der Waals surface area contributed by atoms with E-state index >= 15 is 0 Å². The second-order valence-electron chi connectivity index (χ2n) is 10.8. The van der Waals surface area contributed by atoms with Crippen molar-refractivity contribution in [1.29, 1.82) is 0 Å². The van der Waals surface area contributed by atoms with Gasteiger partial charge in [-0.1, -0.05) is 38.1 Å². The van der Waals surface area contributed by atoms with Crippen molar-refractivity contribution < 1.29 is 14.3 Å². The molecule has 1 fully saturated rings. The molecule has 0 spiro atoms. The molecule has 5 nitrogen and oxygen atoms in total. The highest BCUT2D eigenvalue weighted by Gasteiger charge is 2.40. The zero-order chi connectivity index (χ0) is 23.7. The van der Waals surface area contributed by atoms with E-state index in [-0.39, 0.29) is 24.2 Å². The van der Waals surface area contributed by atoms with E-state index in [2.05, 4.69) is 43.0 Å². The van der Waals surface area contributed by atoms with E-state index in [9.17, 15) is 9.59 Å². The minimum absolute atomic E-state index is 0.102. The number of nitrogens with zero attached hydrogens (tertiary/aromatic N) is 2. The Morgan fingerprint density at radius 3 is 2.45 bits per heavy atom. The van der Waals surface area contributed by atoms with Crippen LogP contribution in [0.25, 0.3) is 5.57 Å². The minimum Gasteiger partial charge on any atom is -0.447 e. The number of carbonyl (C=O) groups excluding carboxylic acids is 2. The first-order valence-corrected chi connectivity index (χ1v) is 12.8.